The van der Waals surface area contributed by atoms with Crippen LogP contribution in [0.4, 0.5) is 0 Å². The molecule has 3 heterocycles. The van der Waals surface area contributed by atoms with E-state index in [0.29, 0.717) is 17.9 Å². The second-order valence-electron chi connectivity index (χ2n) is 10.2. The Hall–Kier alpha value is -4.14. The zero-order valence-corrected chi connectivity index (χ0v) is 22.7. The predicted octanol–water partition coefficient (Wildman–Crippen LogP) is 4.34. The number of carbonyl (C=O) groups excluding carboxylic acids is 1. The van der Waals surface area contributed by atoms with Crippen LogP contribution in [0.1, 0.15) is 61.7 Å². The molecule has 0 unspecified atom stereocenters. The fourth-order valence-electron chi connectivity index (χ4n) is 5.28. The number of benzene rings is 2. The SMILES string of the molecule is CCCCc1nc(=O)c(CC(=O)N2CCCCC2)c(C)n1Cc1ccc(-c2ccccc2-c2nn[nH]n2)cc1. The number of carbonyl (C=O) groups is 1. The maximum Gasteiger partial charge on any atom is 0.276 e. The second kappa shape index (κ2) is 12.1. The Morgan fingerprint density at radius 2 is 1.74 bits per heavy atom. The highest BCUT2D eigenvalue weighted by Crippen LogP contribution is 2.30. The summed E-state index contributed by atoms with van der Waals surface area (Å²) in [4.78, 5) is 32.5. The van der Waals surface area contributed by atoms with Crippen LogP contribution in [-0.2, 0) is 24.2 Å². The topological polar surface area (TPSA) is 110 Å². The van der Waals surface area contributed by atoms with Crippen molar-refractivity contribution in [3.8, 4) is 22.5 Å². The number of unbranched alkanes of at least 4 members (excludes halogenated alkanes) is 1. The molecule has 0 spiro atoms. The Morgan fingerprint density at radius 1 is 1.00 bits per heavy atom. The highest BCUT2D eigenvalue weighted by Gasteiger charge is 2.22. The van der Waals surface area contributed by atoms with Crippen molar-refractivity contribution in [2.45, 2.75) is 65.3 Å². The van der Waals surface area contributed by atoms with E-state index in [1.54, 1.807) is 0 Å². The van der Waals surface area contributed by atoms with E-state index in [2.05, 4.69) is 61.4 Å². The van der Waals surface area contributed by atoms with Gasteiger partial charge in [0.15, 0.2) is 0 Å². The summed E-state index contributed by atoms with van der Waals surface area (Å²) in [5.41, 5.74) is 5.14. The Morgan fingerprint density at radius 3 is 2.44 bits per heavy atom. The Bertz CT molecular complexity index is 1470. The third-order valence-electron chi connectivity index (χ3n) is 7.55. The number of nitrogens with zero attached hydrogens (tertiary/aromatic N) is 6. The van der Waals surface area contributed by atoms with E-state index in [4.69, 9.17) is 0 Å². The van der Waals surface area contributed by atoms with Crippen molar-refractivity contribution in [1.82, 2.24) is 35.1 Å². The molecule has 1 saturated heterocycles. The van der Waals surface area contributed by atoms with E-state index < -0.39 is 0 Å². The number of nitrogens with one attached hydrogen (secondary N) is 1. The van der Waals surface area contributed by atoms with Gasteiger partial charge in [0.25, 0.3) is 5.56 Å². The van der Waals surface area contributed by atoms with E-state index in [9.17, 15) is 9.59 Å². The zero-order chi connectivity index (χ0) is 27.2. The van der Waals surface area contributed by atoms with Crippen molar-refractivity contribution in [2.24, 2.45) is 0 Å². The molecule has 39 heavy (non-hydrogen) atoms. The van der Waals surface area contributed by atoms with Crippen molar-refractivity contribution in [3.05, 3.63) is 81.5 Å². The fraction of sp³-hybridized carbons (Fsp3) is 0.400. The van der Waals surface area contributed by atoms with Gasteiger partial charge in [-0.05, 0) is 54.5 Å². The number of hydrogen-bond donors (Lipinski definition) is 1. The number of tetrazole rings is 1. The Balaban J connectivity index is 1.43. The Labute approximate surface area is 228 Å². The van der Waals surface area contributed by atoms with Crippen LogP contribution in [0.5, 0.6) is 0 Å². The average molecular weight is 526 g/mol. The number of aromatic amines is 1. The van der Waals surface area contributed by atoms with Crippen LogP contribution in [0.3, 0.4) is 0 Å². The number of rotatable bonds is 9. The van der Waals surface area contributed by atoms with Gasteiger partial charge in [0.2, 0.25) is 11.7 Å². The van der Waals surface area contributed by atoms with Crippen molar-refractivity contribution in [3.63, 3.8) is 0 Å². The van der Waals surface area contributed by atoms with Crippen LogP contribution < -0.4 is 5.56 Å². The summed E-state index contributed by atoms with van der Waals surface area (Å²) in [6.45, 7) is 6.21. The maximum atomic E-state index is 13.1. The van der Waals surface area contributed by atoms with Gasteiger partial charge >= 0.3 is 0 Å². The molecule has 0 bridgehead atoms. The number of piperidine rings is 1. The monoisotopic (exact) mass is 525 g/mol. The molecular weight excluding hydrogens is 490 g/mol. The molecule has 9 heteroatoms. The van der Waals surface area contributed by atoms with Gasteiger partial charge in [0.1, 0.15) is 5.82 Å². The number of amides is 1. The lowest BCUT2D eigenvalue weighted by atomic mass is 9.98. The first-order valence-corrected chi connectivity index (χ1v) is 13.8. The molecule has 0 radical (unpaired) electrons. The van der Waals surface area contributed by atoms with E-state index in [0.717, 1.165) is 85.4 Å². The lowest BCUT2D eigenvalue weighted by Gasteiger charge is -2.27. The largest absolute Gasteiger partial charge is 0.342 e. The quantitative estimate of drug-likeness (QED) is 0.348. The van der Waals surface area contributed by atoms with Crippen LogP contribution in [0, 0.1) is 6.92 Å². The second-order valence-corrected chi connectivity index (χ2v) is 10.2. The molecule has 9 nitrogen and oxygen atoms in total. The zero-order valence-electron chi connectivity index (χ0n) is 22.7. The smallest absolute Gasteiger partial charge is 0.276 e. The van der Waals surface area contributed by atoms with Gasteiger partial charge in [-0.1, -0.05) is 61.9 Å². The van der Waals surface area contributed by atoms with Gasteiger partial charge < -0.3 is 9.47 Å². The molecule has 4 aromatic rings. The molecule has 1 aliphatic heterocycles. The van der Waals surface area contributed by atoms with Crippen molar-refractivity contribution < 1.29 is 4.79 Å². The summed E-state index contributed by atoms with van der Waals surface area (Å²) in [6, 6.07) is 16.4. The lowest BCUT2D eigenvalue weighted by molar-refractivity contribution is -0.131. The third-order valence-corrected chi connectivity index (χ3v) is 7.55. The molecule has 0 saturated carbocycles. The molecule has 5 rings (SSSR count). The first-order chi connectivity index (χ1) is 19.0. The highest BCUT2D eigenvalue weighted by atomic mass is 16.2. The van der Waals surface area contributed by atoms with Gasteiger partial charge in [-0.3, -0.25) is 9.59 Å². The fourth-order valence-corrected chi connectivity index (χ4v) is 5.28. The summed E-state index contributed by atoms with van der Waals surface area (Å²) < 4.78 is 2.12. The van der Waals surface area contributed by atoms with Crippen molar-refractivity contribution in [2.75, 3.05) is 13.1 Å². The first-order valence-electron chi connectivity index (χ1n) is 13.8. The van der Waals surface area contributed by atoms with Gasteiger partial charge in [-0.2, -0.15) is 10.2 Å². The van der Waals surface area contributed by atoms with Gasteiger partial charge in [0, 0.05) is 42.9 Å². The molecule has 1 fully saturated rings. The molecular formula is C30H35N7O2. The van der Waals surface area contributed by atoms with Gasteiger partial charge in [0.05, 0.1) is 6.42 Å². The average Bonchev–Trinajstić information content (AvgIpc) is 3.52. The predicted molar refractivity (Wildman–Crippen MR) is 150 cm³/mol. The molecule has 202 valence electrons. The molecule has 2 aromatic heterocycles. The molecule has 1 N–H and O–H groups in total. The summed E-state index contributed by atoms with van der Waals surface area (Å²) in [5.74, 6) is 1.35. The van der Waals surface area contributed by atoms with Crippen molar-refractivity contribution in [1.29, 1.82) is 0 Å². The number of H-pyrrole nitrogens is 1. The van der Waals surface area contributed by atoms with Crippen LogP contribution >= 0.6 is 0 Å². The molecule has 1 aliphatic rings. The standard InChI is InChI=1S/C30H35N7O2/c1-3-4-12-27-31-30(39)26(19-28(38)36-17-8-5-9-18-36)21(2)37(27)20-22-13-15-23(16-14-22)24-10-6-7-11-25(24)29-32-34-35-33-29/h6-7,10-11,13-16H,3-5,8-9,12,17-20H2,1-2H3,(H,32,33,34,35). The minimum absolute atomic E-state index is 0.0224. The number of hydrogen-bond acceptors (Lipinski definition) is 6. The number of aryl methyl sites for hydroxylation is 1. The first kappa shape index (κ1) is 26.5. The summed E-state index contributed by atoms with van der Waals surface area (Å²) in [5, 5.41) is 14.5. The van der Waals surface area contributed by atoms with E-state index in [1.165, 1.54) is 0 Å². The maximum absolute atomic E-state index is 13.1. The normalized spacial score (nSPS) is 13.5. The van der Waals surface area contributed by atoms with E-state index >= 15 is 0 Å². The molecule has 0 atom stereocenters. The van der Waals surface area contributed by atoms with Gasteiger partial charge in [-0.25, -0.2) is 0 Å². The molecule has 0 aliphatic carbocycles. The highest BCUT2D eigenvalue weighted by molar-refractivity contribution is 5.80. The molecule has 2 aromatic carbocycles. The van der Waals surface area contributed by atoms with Crippen molar-refractivity contribution >= 4 is 5.91 Å². The number of likely N-dealkylation sites (tertiary alicyclic amines) is 1. The Kier molecular flexibility index (Phi) is 8.24. The van der Waals surface area contributed by atoms with Gasteiger partial charge in [-0.15, -0.1) is 10.2 Å². The van der Waals surface area contributed by atoms with Crippen LogP contribution in [0.15, 0.2) is 53.3 Å². The molecule has 1 amide bonds. The van der Waals surface area contributed by atoms with E-state index in [1.807, 2.05) is 36.1 Å². The minimum Gasteiger partial charge on any atom is -0.342 e. The van der Waals surface area contributed by atoms with Crippen LogP contribution in [0.25, 0.3) is 22.5 Å². The third kappa shape index (κ3) is 5.97. The minimum atomic E-state index is -0.270. The summed E-state index contributed by atoms with van der Waals surface area (Å²) in [7, 11) is 0. The van der Waals surface area contributed by atoms with Crippen LogP contribution in [0.2, 0.25) is 0 Å². The summed E-state index contributed by atoms with van der Waals surface area (Å²) in [6.07, 6.45) is 6.01. The lowest BCUT2D eigenvalue weighted by Crippen LogP contribution is -2.38. The van der Waals surface area contributed by atoms with Crippen LogP contribution in [-0.4, -0.2) is 54.1 Å². The number of aromatic nitrogens is 6. The van der Waals surface area contributed by atoms with E-state index in [-0.39, 0.29) is 17.9 Å². The summed E-state index contributed by atoms with van der Waals surface area (Å²) >= 11 is 0.